The average Bonchev–Trinajstić information content (AvgIpc) is 3.23. The molecule has 0 aliphatic carbocycles. The van der Waals surface area contributed by atoms with E-state index < -0.39 is 18.3 Å². The second-order valence-corrected chi connectivity index (χ2v) is 8.30. The van der Waals surface area contributed by atoms with Gasteiger partial charge in [0.25, 0.3) is 0 Å². The minimum Gasteiger partial charge on any atom is -0.370 e. The molecule has 0 aliphatic rings. The molecule has 1 unspecified atom stereocenters. The van der Waals surface area contributed by atoms with Gasteiger partial charge in [0.05, 0.1) is 5.69 Å². The first-order valence-electron chi connectivity index (χ1n) is 11.7. The minimum absolute atomic E-state index is 0.0799. The van der Waals surface area contributed by atoms with Gasteiger partial charge >= 0.3 is 12.1 Å². The molecule has 0 radical (unpaired) electrons. The van der Waals surface area contributed by atoms with Crippen LogP contribution >= 0.6 is 0 Å². The molecule has 0 bridgehead atoms. The Bertz CT molecular complexity index is 1290. The van der Waals surface area contributed by atoms with E-state index in [1.165, 1.54) is 4.57 Å². The monoisotopic (exact) mass is 520 g/mol. The van der Waals surface area contributed by atoms with Crippen LogP contribution in [0.5, 0.6) is 0 Å². The van der Waals surface area contributed by atoms with Crippen LogP contribution in [0.15, 0.2) is 52.4 Å². The van der Waals surface area contributed by atoms with E-state index in [1.807, 2.05) is 31.2 Å². The van der Waals surface area contributed by atoms with E-state index in [-0.39, 0.29) is 12.4 Å². The maximum Gasteiger partial charge on any atom is 0.524 e. The molecule has 8 N–H and O–H groups in total. The first-order valence-corrected chi connectivity index (χ1v) is 11.7. The summed E-state index contributed by atoms with van der Waals surface area (Å²) < 4.78 is 42.3. The minimum atomic E-state index is -4.80. The third kappa shape index (κ3) is 8.44. The number of H-pyrrole nitrogens is 1. The zero-order valence-corrected chi connectivity index (χ0v) is 20.4. The van der Waals surface area contributed by atoms with E-state index in [0.29, 0.717) is 41.9 Å². The lowest BCUT2D eigenvalue weighted by atomic mass is 10.1. The predicted octanol–water partition coefficient (Wildman–Crippen LogP) is 2.47. The Hall–Kier alpha value is -3.68. The number of benzene rings is 1. The smallest absolute Gasteiger partial charge is 0.370 e. The molecule has 0 amide bonds. The van der Waals surface area contributed by atoms with Gasteiger partial charge in [-0.25, -0.2) is 4.79 Å². The molecule has 13 heteroatoms. The summed E-state index contributed by atoms with van der Waals surface area (Å²) in [5, 5.41) is 3.98. The highest BCUT2D eigenvalue weighted by Gasteiger charge is 2.31. The molecule has 37 heavy (non-hydrogen) atoms. The molecule has 2 heterocycles. The number of halogens is 3. The maximum absolute atomic E-state index is 12.7. The zero-order chi connectivity index (χ0) is 27.0. The molecule has 3 rings (SSSR count). The summed E-state index contributed by atoms with van der Waals surface area (Å²) in [5.41, 5.74) is 19.0. The standard InChI is InChI=1S/C24H31F3N8O2/c1-2-16(6-9-20(28)37-24(25,26)27)19-12-17-14-35(23(36)34-21(17)33-19)18-7-4-15(5-8-18)13-31-10-3-11-32-22(29)30/h4-8,12,14,20,31H,2-3,9-11,13,28H2,1H3,(H4,29,30,32)(H,33,34,36)/b16-6+. The number of aromatic nitrogens is 3. The second kappa shape index (κ2) is 12.5. The highest BCUT2D eigenvalue weighted by Crippen LogP contribution is 2.24. The Labute approximate surface area is 211 Å². The number of allylic oxidation sites excluding steroid dienone is 1. The third-order valence-corrected chi connectivity index (χ3v) is 5.47. The van der Waals surface area contributed by atoms with Gasteiger partial charge in [-0.2, -0.15) is 4.98 Å². The van der Waals surface area contributed by atoms with Crippen molar-refractivity contribution in [3.8, 4) is 5.69 Å². The molecule has 0 aliphatic heterocycles. The molecule has 1 atom stereocenters. The number of guanidine groups is 1. The Balaban J connectivity index is 1.70. The Kier molecular flexibility index (Phi) is 9.44. The molecular formula is C24H31F3N8O2. The van der Waals surface area contributed by atoms with E-state index >= 15 is 0 Å². The summed E-state index contributed by atoms with van der Waals surface area (Å²) in [6.45, 7) is 3.83. The highest BCUT2D eigenvalue weighted by atomic mass is 19.4. The maximum atomic E-state index is 12.7. The Morgan fingerprint density at radius 2 is 2.03 bits per heavy atom. The quantitative estimate of drug-likeness (QED) is 0.106. The predicted molar refractivity (Wildman–Crippen MR) is 137 cm³/mol. The lowest BCUT2D eigenvalue weighted by Crippen LogP contribution is -2.30. The molecule has 10 nitrogen and oxygen atoms in total. The van der Waals surface area contributed by atoms with Crippen molar-refractivity contribution in [2.75, 3.05) is 13.1 Å². The molecule has 0 saturated heterocycles. The van der Waals surface area contributed by atoms with Crippen molar-refractivity contribution < 1.29 is 17.9 Å². The lowest BCUT2D eigenvalue weighted by Gasteiger charge is -2.13. The van der Waals surface area contributed by atoms with Crippen molar-refractivity contribution >= 4 is 22.6 Å². The number of alkyl halides is 3. The fourth-order valence-electron chi connectivity index (χ4n) is 3.69. The number of hydrogen-bond acceptors (Lipinski definition) is 6. The van der Waals surface area contributed by atoms with Crippen LogP contribution in [0.3, 0.4) is 0 Å². The van der Waals surface area contributed by atoms with E-state index in [2.05, 4.69) is 25.0 Å². The van der Waals surface area contributed by atoms with Gasteiger partial charge in [0.15, 0.2) is 5.96 Å². The van der Waals surface area contributed by atoms with Gasteiger partial charge in [-0.05, 0) is 48.7 Å². The van der Waals surface area contributed by atoms with Gasteiger partial charge in [0.1, 0.15) is 11.9 Å². The lowest BCUT2D eigenvalue weighted by molar-refractivity contribution is -0.341. The summed E-state index contributed by atoms with van der Waals surface area (Å²) >= 11 is 0. The number of fused-ring (bicyclic) bond motifs is 1. The number of nitrogens with two attached hydrogens (primary N) is 3. The largest absolute Gasteiger partial charge is 0.524 e. The molecule has 2 aromatic heterocycles. The fourth-order valence-corrected chi connectivity index (χ4v) is 3.69. The van der Waals surface area contributed by atoms with E-state index in [0.717, 1.165) is 24.1 Å². The number of aliphatic imine (C=N–C) groups is 1. The van der Waals surface area contributed by atoms with Crippen molar-refractivity contribution in [2.45, 2.75) is 45.3 Å². The van der Waals surface area contributed by atoms with Crippen LogP contribution in [0.4, 0.5) is 13.2 Å². The van der Waals surface area contributed by atoms with Crippen molar-refractivity contribution in [1.82, 2.24) is 19.9 Å². The van der Waals surface area contributed by atoms with Crippen LogP contribution < -0.4 is 28.2 Å². The second-order valence-electron chi connectivity index (χ2n) is 8.30. The van der Waals surface area contributed by atoms with Crippen molar-refractivity contribution in [1.29, 1.82) is 0 Å². The number of rotatable bonds is 12. The van der Waals surface area contributed by atoms with Crippen LogP contribution in [0, 0.1) is 0 Å². The van der Waals surface area contributed by atoms with E-state index in [1.54, 1.807) is 18.3 Å². The van der Waals surface area contributed by atoms with Gasteiger partial charge in [-0.3, -0.25) is 14.3 Å². The third-order valence-electron chi connectivity index (χ3n) is 5.47. The van der Waals surface area contributed by atoms with Crippen LogP contribution in [-0.4, -0.2) is 46.2 Å². The molecule has 1 aromatic carbocycles. The van der Waals surface area contributed by atoms with Gasteiger partial charge in [-0.15, -0.1) is 13.2 Å². The zero-order valence-electron chi connectivity index (χ0n) is 20.4. The van der Waals surface area contributed by atoms with E-state index in [9.17, 15) is 18.0 Å². The molecule has 0 saturated carbocycles. The topological polar surface area (TPSA) is 162 Å². The summed E-state index contributed by atoms with van der Waals surface area (Å²) in [5.74, 6) is 0.0799. The number of aromatic amines is 1. The van der Waals surface area contributed by atoms with Crippen LogP contribution in [0.1, 0.15) is 37.4 Å². The Morgan fingerprint density at radius 1 is 1.30 bits per heavy atom. The van der Waals surface area contributed by atoms with Crippen molar-refractivity contribution in [3.05, 3.63) is 64.3 Å². The van der Waals surface area contributed by atoms with Gasteiger partial charge in [0, 0.05) is 36.8 Å². The average molecular weight is 521 g/mol. The highest BCUT2D eigenvalue weighted by molar-refractivity contribution is 5.81. The number of hydrogen-bond donors (Lipinski definition) is 5. The van der Waals surface area contributed by atoms with Gasteiger partial charge in [0.2, 0.25) is 0 Å². The summed E-state index contributed by atoms with van der Waals surface area (Å²) in [7, 11) is 0. The molecule has 0 fully saturated rings. The van der Waals surface area contributed by atoms with Crippen molar-refractivity contribution in [3.63, 3.8) is 0 Å². The molecule has 200 valence electrons. The van der Waals surface area contributed by atoms with Crippen LogP contribution in [0.25, 0.3) is 22.3 Å². The Morgan fingerprint density at radius 3 is 2.68 bits per heavy atom. The summed E-state index contributed by atoms with van der Waals surface area (Å²) in [6, 6.07) is 9.30. The number of nitrogens with one attached hydrogen (secondary N) is 2. The first-order chi connectivity index (χ1) is 17.6. The fraction of sp³-hybridized carbons (Fsp3) is 0.375. The van der Waals surface area contributed by atoms with E-state index in [4.69, 9.17) is 17.2 Å². The van der Waals surface area contributed by atoms with Crippen LogP contribution in [-0.2, 0) is 11.3 Å². The summed E-state index contributed by atoms with van der Waals surface area (Å²) in [4.78, 5) is 23.8. The van der Waals surface area contributed by atoms with Gasteiger partial charge < -0.3 is 27.5 Å². The number of nitrogens with zero attached hydrogens (tertiary/aromatic N) is 3. The SMILES string of the molecule is CC/C(=C\CC(N)OC(F)(F)F)c1cc2cn(-c3ccc(CNCCCN=C(N)N)cc3)c(=O)nc2[nH]1. The number of ether oxygens (including phenoxy) is 1. The molecule has 0 spiro atoms. The molecule has 3 aromatic rings. The first kappa shape index (κ1) is 27.9. The molecular weight excluding hydrogens is 489 g/mol. The van der Waals surface area contributed by atoms with Crippen LogP contribution in [0.2, 0.25) is 0 Å². The normalized spacial score (nSPS) is 13.2. The van der Waals surface area contributed by atoms with Gasteiger partial charge in [-0.1, -0.05) is 25.1 Å². The van der Waals surface area contributed by atoms with Crippen molar-refractivity contribution in [2.24, 2.45) is 22.2 Å². The summed E-state index contributed by atoms with van der Waals surface area (Å²) in [6.07, 6.45) is -1.85.